The number of nitrogens with one attached hydrogen (secondary N) is 2. The maximum atomic E-state index is 12.5. The average Bonchev–Trinajstić information content (AvgIpc) is 2.77. The van der Waals surface area contributed by atoms with E-state index < -0.39 is 11.7 Å². The molecular weight excluding hydrogens is 318 g/mol. The first-order chi connectivity index (χ1) is 8.91. The summed E-state index contributed by atoms with van der Waals surface area (Å²) in [6, 6.07) is 0.785. The predicted octanol–water partition coefficient (Wildman–Crippen LogP) is 2.57. The Labute approximate surface area is 125 Å². The van der Waals surface area contributed by atoms with Gasteiger partial charge in [0.2, 0.25) is 0 Å². The molecular formula is C11H14Cl2F3N3O. The number of methoxy groups -OCH3 is 1. The highest BCUT2D eigenvalue weighted by Gasteiger charge is 2.32. The van der Waals surface area contributed by atoms with Crippen molar-refractivity contribution in [3.63, 3.8) is 0 Å². The van der Waals surface area contributed by atoms with Crippen LogP contribution in [0.25, 0.3) is 0 Å². The van der Waals surface area contributed by atoms with Crippen molar-refractivity contribution in [2.75, 3.05) is 25.5 Å². The van der Waals surface area contributed by atoms with Crippen molar-refractivity contribution in [1.82, 2.24) is 10.3 Å². The number of hydrogen-bond donors (Lipinski definition) is 2. The molecule has 0 saturated carbocycles. The molecule has 1 aromatic heterocycles. The van der Waals surface area contributed by atoms with E-state index in [0.717, 1.165) is 12.3 Å². The molecule has 0 unspecified atom stereocenters. The van der Waals surface area contributed by atoms with Crippen LogP contribution in [0.1, 0.15) is 5.56 Å². The zero-order chi connectivity index (χ0) is 14.0. The Kier molecular flexibility index (Phi) is 5.88. The second-order valence-electron chi connectivity index (χ2n) is 4.24. The van der Waals surface area contributed by atoms with Crippen LogP contribution in [0, 0.1) is 0 Å². The summed E-state index contributed by atoms with van der Waals surface area (Å²) in [6.45, 7) is 1.31. The molecule has 0 radical (unpaired) electrons. The van der Waals surface area contributed by atoms with Gasteiger partial charge in [-0.15, -0.1) is 12.4 Å². The van der Waals surface area contributed by atoms with Crippen LogP contribution in [0.5, 0.6) is 0 Å². The highest BCUT2D eigenvalue weighted by Crippen LogP contribution is 2.32. The second kappa shape index (κ2) is 6.80. The molecule has 20 heavy (non-hydrogen) atoms. The molecule has 9 heteroatoms. The zero-order valence-corrected chi connectivity index (χ0v) is 12.1. The fraction of sp³-hybridized carbons (Fsp3) is 0.545. The van der Waals surface area contributed by atoms with Crippen molar-refractivity contribution < 1.29 is 17.9 Å². The van der Waals surface area contributed by atoms with Crippen molar-refractivity contribution in [2.24, 2.45) is 0 Å². The smallest absolute Gasteiger partial charge is 0.378 e. The van der Waals surface area contributed by atoms with Gasteiger partial charge in [0.15, 0.2) is 0 Å². The van der Waals surface area contributed by atoms with Crippen LogP contribution in [0.15, 0.2) is 12.3 Å². The zero-order valence-electron chi connectivity index (χ0n) is 10.5. The molecule has 0 spiro atoms. The molecule has 2 atom stereocenters. The van der Waals surface area contributed by atoms with Gasteiger partial charge in [-0.25, -0.2) is 4.98 Å². The molecule has 1 aromatic rings. The third-order valence-corrected chi connectivity index (χ3v) is 3.24. The van der Waals surface area contributed by atoms with Gasteiger partial charge in [-0.1, -0.05) is 11.6 Å². The molecule has 1 aliphatic rings. The number of halogens is 5. The van der Waals surface area contributed by atoms with Crippen LogP contribution in [-0.4, -0.2) is 37.3 Å². The van der Waals surface area contributed by atoms with Crippen LogP contribution in [0.3, 0.4) is 0 Å². The lowest BCUT2D eigenvalue weighted by Gasteiger charge is -2.20. The summed E-state index contributed by atoms with van der Waals surface area (Å²) < 4.78 is 42.7. The van der Waals surface area contributed by atoms with Gasteiger partial charge in [-0.3, -0.25) is 0 Å². The van der Waals surface area contributed by atoms with Gasteiger partial charge in [-0.05, 0) is 6.07 Å². The molecule has 1 aliphatic heterocycles. The first kappa shape index (κ1) is 17.3. The molecule has 114 valence electrons. The molecule has 0 amide bonds. The molecule has 0 bridgehead atoms. The number of nitrogens with zero attached hydrogens (tertiary/aromatic N) is 1. The van der Waals surface area contributed by atoms with E-state index in [9.17, 15) is 13.2 Å². The van der Waals surface area contributed by atoms with Gasteiger partial charge < -0.3 is 15.4 Å². The summed E-state index contributed by atoms with van der Waals surface area (Å²) in [5, 5.41) is 6.04. The number of alkyl halides is 3. The summed E-state index contributed by atoms with van der Waals surface area (Å²) >= 11 is 5.82. The lowest BCUT2D eigenvalue weighted by Crippen LogP contribution is -2.34. The Hall–Kier alpha value is -0.760. The van der Waals surface area contributed by atoms with Crippen LogP contribution in [0.2, 0.25) is 5.02 Å². The van der Waals surface area contributed by atoms with Crippen molar-refractivity contribution in [3.8, 4) is 0 Å². The van der Waals surface area contributed by atoms with Crippen molar-refractivity contribution >= 4 is 29.8 Å². The highest BCUT2D eigenvalue weighted by molar-refractivity contribution is 6.33. The van der Waals surface area contributed by atoms with Gasteiger partial charge in [0.05, 0.1) is 22.7 Å². The topological polar surface area (TPSA) is 46.2 Å². The summed E-state index contributed by atoms with van der Waals surface area (Å²) in [7, 11) is 1.58. The lowest BCUT2D eigenvalue weighted by molar-refractivity contribution is -0.137. The molecule has 0 aliphatic carbocycles. The maximum absolute atomic E-state index is 12.5. The largest absolute Gasteiger partial charge is 0.417 e. The van der Waals surface area contributed by atoms with Crippen LogP contribution in [-0.2, 0) is 10.9 Å². The summed E-state index contributed by atoms with van der Waals surface area (Å²) in [4.78, 5) is 3.73. The number of ether oxygens (including phenoxy) is 1. The summed E-state index contributed by atoms with van der Waals surface area (Å²) in [5.74, 6) is 0.227. The average molecular weight is 332 g/mol. The van der Waals surface area contributed by atoms with E-state index in [2.05, 4.69) is 15.6 Å². The molecule has 0 aromatic carbocycles. The van der Waals surface area contributed by atoms with Gasteiger partial charge in [0, 0.05) is 26.4 Å². The fourth-order valence-electron chi connectivity index (χ4n) is 1.92. The fourth-order valence-corrected chi connectivity index (χ4v) is 2.14. The molecule has 2 heterocycles. The quantitative estimate of drug-likeness (QED) is 0.893. The molecule has 4 nitrogen and oxygen atoms in total. The number of rotatable bonds is 3. The first-order valence-corrected chi connectivity index (χ1v) is 6.02. The highest BCUT2D eigenvalue weighted by atomic mass is 35.5. The molecule has 2 N–H and O–H groups in total. The van der Waals surface area contributed by atoms with Crippen LogP contribution < -0.4 is 10.6 Å². The monoisotopic (exact) mass is 331 g/mol. The standard InChI is InChI=1S/C11H13ClF3N3O.ClH/c1-19-9-5-16-4-8(9)18-10-7(12)2-6(3-17-10)11(13,14)15;/h2-3,8-9,16H,4-5H2,1H3,(H,17,18);1H/t8-,9-;/m0./s1. The number of aromatic nitrogens is 1. The molecule has 1 fully saturated rings. The van der Waals surface area contributed by atoms with Crippen molar-refractivity contribution in [3.05, 3.63) is 22.8 Å². The van der Waals surface area contributed by atoms with Gasteiger partial charge in [0.25, 0.3) is 0 Å². The first-order valence-electron chi connectivity index (χ1n) is 5.64. The van der Waals surface area contributed by atoms with Crippen molar-refractivity contribution in [1.29, 1.82) is 0 Å². The van der Waals surface area contributed by atoms with E-state index in [0.29, 0.717) is 13.1 Å². The minimum atomic E-state index is -4.45. The summed E-state index contributed by atoms with van der Waals surface area (Å²) in [6.07, 6.45) is -3.75. The minimum absolute atomic E-state index is 0. The van der Waals surface area contributed by atoms with Crippen LogP contribution in [0.4, 0.5) is 19.0 Å². The third kappa shape index (κ3) is 3.88. The van der Waals surface area contributed by atoms with Crippen molar-refractivity contribution in [2.45, 2.75) is 18.3 Å². The normalized spacial score (nSPS) is 22.4. The van der Waals surface area contributed by atoms with E-state index in [1.54, 1.807) is 7.11 Å². The van der Waals surface area contributed by atoms with Gasteiger partial charge >= 0.3 is 6.18 Å². The predicted molar refractivity (Wildman–Crippen MR) is 72.6 cm³/mol. The van der Waals surface area contributed by atoms with Gasteiger partial charge in [-0.2, -0.15) is 13.2 Å². The van der Waals surface area contributed by atoms with E-state index >= 15 is 0 Å². The Bertz CT molecular complexity index is 459. The SMILES string of the molecule is CO[C@H]1CNC[C@@H]1Nc1ncc(C(F)(F)F)cc1Cl.Cl. The Morgan fingerprint density at radius 3 is 2.70 bits per heavy atom. The lowest BCUT2D eigenvalue weighted by atomic mass is 10.2. The Morgan fingerprint density at radius 2 is 2.15 bits per heavy atom. The molecule has 2 rings (SSSR count). The van der Waals surface area contributed by atoms with Gasteiger partial charge in [0.1, 0.15) is 5.82 Å². The van der Waals surface area contributed by atoms with E-state index in [-0.39, 0.29) is 35.4 Å². The maximum Gasteiger partial charge on any atom is 0.417 e. The molecule has 1 saturated heterocycles. The van der Waals surface area contributed by atoms with E-state index in [1.165, 1.54) is 0 Å². The van der Waals surface area contributed by atoms with Crippen LogP contribution >= 0.6 is 24.0 Å². The minimum Gasteiger partial charge on any atom is -0.378 e. The number of pyridine rings is 1. The Balaban J connectivity index is 0.00000200. The van der Waals surface area contributed by atoms with E-state index in [1.807, 2.05) is 0 Å². The number of anilines is 1. The number of hydrogen-bond acceptors (Lipinski definition) is 4. The summed E-state index contributed by atoms with van der Waals surface area (Å²) in [5.41, 5.74) is -0.865. The Morgan fingerprint density at radius 1 is 1.45 bits per heavy atom. The third-order valence-electron chi connectivity index (χ3n) is 2.95. The second-order valence-corrected chi connectivity index (χ2v) is 4.64. The van der Waals surface area contributed by atoms with E-state index in [4.69, 9.17) is 16.3 Å².